The molecule has 0 amide bonds. The number of rotatable bonds is 11. The molecule has 6 aromatic carbocycles. The molecule has 0 bridgehead atoms. The molecule has 0 fully saturated rings. The van der Waals surface area contributed by atoms with E-state index < -0.39 is 6.98 Å². The van der Waals surface area contributed by atoms with E-state index in [4.69, 9.17) is 24.6 Å². The van der Waals surface area contributed by atoms with E-state index in [-0.39, 0.29) is 42.9 Å². The van der Waals surface area contributed by atoms with Crippen molar-refractivity contribution in [1.82, 2.24) is 0 Å². The van der Waals surface area contributed by atoms with Crippen LogP contribution in [0.2, 0.25) is 0 Å². The van der Waals surface area contributed by atoms with Gasteiger partial charge in [0.15, 0.2) is 0 Å². The number of aliphatic hydroxyl groups is 3. The summed E-state index contributed by atoms with van der Waals surface area (Å²) in [7, 11) is 0. The van der Waals surface area contributed by atoms with Gasteiger partial charge < -0.3 is 45.4 Å². The Balaban J connectivity index is 1.12. The second kappa shape index (κ2) is 14.0. The zero-order valence-electron chi connectivity index (χ0n) is 29.3. The molecule has 3 aliphatic rings. The van der Waals surface area contributed by atoms with Gasteiger partial charge in [0.2, 0.25) is 5.78 Å². The highest BCUT2D eigenvalue weighted by Crippen LogP contribution is 2.45. The molecular formula is C42H36B2N4O6. The van der Waals surface area contributed by atoms with Crippen molar-refractivity contribution >= 4 is 80.4 Å². The van der Waals surface area contributed by atoms with E-state index in [2.05, 4.69) is 15.7 Å². The first-order valence-corrected chi connectivity index (χ1v) is 18.2. The summed E-state index contributed by atoms with van der Waals surface area (Å²) in [5.41, 5.74) is 5.60. The molecule has 6 N–H and O–H groups in total. The van der Waals surface area contributed by atoms with E-state index in [1.165, 1.54) is 0 Å². The Morgan fingerprint density at radius 1 is 0.630 bits per heavy atom. The fraction of sp³-hybridized carbons (Fsp3) is 0.143. The Hall–Kier alpha value is -6.23. The van der Waals surface area contributed by atoms with E-state index in [9.17, 15) is 9.90 Å². The van der Waals surface area contributed by atoms with Crippen molar-refractivity contribution < 1.29 is 29.6 Å². The highest BCUT2D eigenvalue weighted by molar-refractivity contribution is 6.80. The Morgan fingerprint density at radius 3 is 1.89 bits per heavy atom. The zero-order chi connectivity index (χ0) is 36.8. The summed E-state index contributed by atoms with van der Waals surface area (Å²) in [6.45, 7) is 0.262. The average Bonchev–Trinajstić information content (AvgIpc) is 3.20. The van der Waals surface area contributed by atoms with E-state index in [0.29, 0.717) is 47.9 Å². The molecule has 1 aliphatic carbocycles. The quantitative estimate of drug-likeness (QED) is 0.0871. The highest BCUT2D eigenvalue weighted by atomic mass is 16.5. The Morgan fingerprint density at radius 2 is 1.24 bits per heavy atom. The molecule has 0 spiro atoms. The SMILES string of the molecule is O=C1C(c2ccc3cccc4c3c2NB(c2ccc(OCCCO)cc2)N4)=C(O)C1=c1ccc2cccc3c2c1=NB(c1ccc(OCCCO)cc1)N3. The number of ether oxygens (including phenoxy) is 2. The van der Waals surface area contributed by atoms with Gasteiger partial charge in [0.05, 0.1) is 29.7 Å². The Bertz CT molecular complexity index is 2610. The first-order valence-electron chi connectivity index (χ1n) is 18.2. The van der Waals surface area contributed by atoms with Crippen LogP contribution >= 0.6 is 0 Å². The third-order valence-corrected chi connectivity index (χ3v) is 10.2. The molecule has 9 rings (SSSR count). The van der Waals surface area contributed by atoms with Crippen molar-refractivity contribution in [2.24, 2.45) is 4.90 Å². The van der Waals surface area contributed by atoms with Crippen LogP contribution in [0.5, 0.6) is 11.5 Å². The van der Waals surface area contributed by atoms with Crippen molar-refractivity contribution in [2.45, 2.75) is 12.8 Å². The van der Waals surface area contributed by atoms with Crippen LogP contribution in [-0.2, 0) is 4.79 Å². The molecule has 0 aromatic heterocycles. The predicted octanol–water partition coefficient (Wildman–Crippen LogP) is 3.89. The number of hydrogen-bond donors (Lipinski definition) is 6. The molecule has 2 aliphatic heterocycles. The van der Waals surface area contributed by atoms with E-state index >= 15 is 0 Å². The molecule has 54 heavy (non-hydrogen) atoms. The van der Waals surface area contributed by atoms with Gasteiger partial charge in [0, 0.05) is 64.7 Å². The smallest absolute Gasteiger partial charge is 0.427 e. The van der Waals surface area contributed by atoms with Crippen LogP contribution in [0.3, 0.4) is 0 Å². The van der Waals surface area contributed by atoms with Crippen LogP contribution < -0.4 is 46.7 Å². The zero-order valence-corrected chi connectivity index (χ0v) is 29.3. The summed E-state index contributed by atoms with van der Waals surface area (Å²) in [4.78, 5) is 19.5. The number of ketones is 1. The molecule has 266 valence electrons. The minimum atomic E-state index is -0.435. The van der Waals surface area contributed by atoms with Gasteiger partial charge >= 0.3 is 14.0 Å². The van der Waals surface area contributed by atoms with Gasteiger partial charge in [-0.25, -0.2) is 0 Å². The van der Waals surface area contributed by atoms with Crippen LogP contribution in [-0.4, -0.2) is 61.5 Å². The Labute approximate surface area is 311 Å². The van der Waals surface area contributed by atoms with E-state index in [1.54, 1.807) is 0 Å². The molecule has 12 heteroatoms. The molecule has 0 atom stereocenters. The molecule has 2 heterocycles. The molecule has 0 radical (unpaired) electrons. The largest absolute Gasteiger partial charge is 0.506 e. The number of carbonyl (C=O) groups excluding carboxylic acids is 1. The lowest BCUT2D eigenvalue weighted by Gasteiger charge is -2.31. The molecule has 10 nitrogen and oxygen atoms in total. The fourth-order valence-corrected chi connectivity index (χ4v) is 7.56. The second-order valence-electron chi connectivity index (χ2n) is 13.6. The third kappa shape index (κ3) is 5.80. The standard InChI is InChI=1S/C42H36B2N4O6/c49-21-3-23-53-29-15-11-27(12-16-29)43-45-33-7-1-5-25-9-19-31(39(47-43)35(25)33)37-41(51)38(42(37)52)32-20-10-26-6-2-8-34-36(26)40(32)48-44(46-34)28-13-17-30(18-14-28)54-24-4-22-50/h1-2,5-20,45-47,49-51H,3-4,21-24H2. The minimum Gasteiger partial charge on any atom is -0.506 e. The first-order chi connectivity index (χ1) is 26.5. The summed E-state index contributed by atoms with van der Waals surface area (Å²) in [6, 6.07) is 35.2. The lowest BCUT2D eigenvalue weighted by Crippen LogP contribution is -2.48. The molecule has 0 unspecified atom stereocenters. The summed E-state index contributed by atoms with van der Waals surface area (Å²) >= 11 is 0. The average molecular weight is 714 g/mol. The number of Topliss-reactive ketones (excluding diaryl/α,β-unsaturated/α-hetero) is 1. The van der Waals surface area contributed by atoms with Crippen molar-refractivity contribution in [3.8, 4) is 11.5 Å². The predicted molar refractivity (Wildman–Crippen MR) is 216 cm³/mol. The van der Waals surface area contributed by atoms with Gasteiger partial charge in [-0.1, -0.05) is 72.8 Å². The second-order valence-corrected chi connectivity index (χ2v) is 13.6. The summed E-state index contributed by atoms with van der Waals surface area (Å²) in [6.07, 6.45) is 1.12. The summed E-state index contributed by atoms with van der Waals surface area (Å²) < 4.78 is 11.5. The molecule has 0 saturated carbocycles. The lowest BCUT2D eigenvalue weighted by atomic mass is 9.65. The maximum absolute atomic E-state index is 14.4. The number of nitrogens with zero attached hydrogens (tertiary/aromatic N) is 1. The number of benzene rings is 6. The molecular weight excluding hydrogens is 678 g/mol. The van der Waals surface area contributed by atoms with Crippen molar-refractivity contribution in [3.05, 3.63) is 131 Å². The van der Waals surface area contributed by atoms with E-state index in [0.717, 1.165) is 55.3 Å². The third-order valence-electron chi connectivity index (χ3n) is 10.2. The first kappa shape index (κ1) is 33.6. The maximum atomic E-state index is 14.4. The highest BCUT2D eigenvalue weighted by Gasteiger charge is 2.39. The van der Waals surface area contributed by atoms with Crippen LogP contribution in [0.4, 0.5) is 17.1 Å². The van der Waals surface area contributed by atoms with Crippen LogP contribution in [0, 0.1) is 0 Å². The molecule has 0 saturated heterocycles. The van der Waals surface area contributed by atoms with Crippen LogP contribution in [0.15, 0.2) is 120 Å². The summed E-state index contributed by atoms with van der Waals surface area (Å²) in [5.74, 6) is 1.12. The van der Waals surface area contributed by atoms with Gasteiger partial charge in [-0.15, -0.1) is 0 Å². The van der Waals surface area contributed by atoms with Gasteiger partial charge in [0.1, 0.15) is 17.3 Å². The molecule has 6 aromatic rings. The number of allylic oxidation sites excluding steroid dienone is 2. The van der Waals surface area contributed by atoms with Gasteiger partial charge in [-0.3, -0.25) is 4.79 Å². The van der Waals surface area contributed by atoms with Crippen molar-refractivity contribution in [1.29, 1.82) is 0 Å². The topological polar surface area (TPSA) is 145 Å². The van der Waals surface area contributed by atoms with E-state index in [1.807, 2.05) is 109 Å². The van der Waals surface area contributed by atoms with Crippen LogP contribution in [0.1, 0.15) is 18.4 Å². The van der Waals surface area contributed by atoms with Crippen LogP contribution in [0.25, 0.3) is 32.7 Å². The Kier molecular flexibility index (Phi) is 8.69. The van der Waals surface area contributed by atoms with Gasteiger partial charge in [0.25, 0.3) is 0 Å². The normalized spacial score (nSPS) is 15.3. The number of aliphatic hydroxyl groups excluding tert-OH is 3. The summed E-state index contributed by atoms with van der Waals surface area (Å²) in [5, 5.41) is 45.9. The van der Waals surface area contributed by atoms with Gasteiger partial charge in [-0.05, 0) is 58.1 Å². The minimum absolute atomic E-state index is 0.0583. The monoisotopic (exact) mass is 714 g/mol. The number of hydrogen-bond acceptors (Lipinski definition) is 10. The maximum Gasteiger partial charge on any atom is 0.427 e. The van der Waals surface area contributed by atoms with Crippen molar-refractivity contribution in [3.63, 3.8) is 0 Å². The van der Waals surface area contributed by atoms with Gasteiger partial charge in [-0.2, -0.15) is 0 Å². The number of nitrogens with one attached hydrogen (secondary N) is 3. The van der Waals surface area contributed by atoms with Crippen molar-refractivity contribution in [2.75, 3.05) is 42.1 Å². The lowest BCUT2D eigenvalue weighted by molar-refractivity contribution is -0.109. The number of anilines is 3. The number of carbonyl (C=O) groups is 1. The fourth-order valence-electron chi connectivity index (χ4n) is 7.56.